The Labute approximate surface area is 140 Å². The zero-order valence-corrected chi connectivity index (χ0v) is 14.7. The van der Waals surface area contributed by atoms with E-state index in [9.17, 15) is 4.79 Å². The van der Waals surface area contributed by atoms with E-state index in [2.05, 4.69) is 16.7 Å². The molecule has 6 fully saturated rings. The van der Waals surface area contributed by atoms with Gasteiger partial charge >= 0.3 is 0 Å². The molecule has 1 unspecified atom stereocenters. The van der Waals surface area contributed by atoms with Crippen LogP contribution in [0.3, 0.4) is 0 Å². The standard InChI is InChI=1S/C20H32N2O/c1-14(18-2-3-18)21-4-6-22(7-5-21)19(23)20-11-15-8-16(12-20)10-17(9-15)13-20/h14-18H,2-13H2,1H3. The number of hydrogen-bond acceptors (Lipinski definition) is 2. The van der Waals surface area contributed by atoms with Gasteiger partial charge in [-0.05, 0) is 82.0 Å². The van der Waals surface area contributed by atoms with Crippen molar-refractivity contribution in [2.75, 3.05) is 26.2 Å². The summed E-state index contributed by atoms with van der Waals surface area (Å²) in [6, 6.07) is 0.742. The third-order valence-corrected chi connectivity index (χ3v) is 7.97. The third kappa shape index (κ3) is 2.45. The largest absolute Gasteiger partial charge is 0.340 e. The van der Waals surface area contributed by atoms with Gasteiger partial charge in [0, 0.05) is 32.2 Å². The molecule has 0 N–H and O–H groups in total. The summed E-state index contributed by atoms with van der Waals surface area (Å²) in [6.07, 6.45) is 10.8. The molecular formula is C20H32N2O. The molecule has 0 aromatic rings. The number of carbonyl (C=O) groups excluding carboxylic acids is 1. The minimum Gasteiger partial charge on any atom is -0.340 e. The predicted octanol–water partition coefficient (Wildman–Crippen LogP) is 3.15. The van der Waals surface area contributed by atoms with Crippen molar-refractivity contribution in [2.45, 2.75) is 64.3 Å². The van der Waals surface area contributed by atoms with E-state index in [0.717, 1.165) is 55.9 Å². The van der Waals surface area contributed by atoms with Crippen LogP contribution in [0.4, 0.5) is 0 Å². The molecule has 128 valence electrons. The van der Waals surface area contributed by atoms with Crippen molar-refractivity contribution in [3.63, 3.8) is 0 Å². The van der Waals surface area contributed by atoms with E-state index in [4.69, 9.17) is 0 Å². The lowest BCUT2D eigenvalue weighted by molar-refractivity contribution is -0.159. The van der Waals surface area contributed by atoms with Gasteiger partial charge in [-0.2, -0.15) is 0 Å². The summed E-state index contributed by atoms with van der Waals surface area (Å²) >= 11 is 0. The second-order valence-electron chi connectivity index (χ2n) is 9.60. The maximum Gasteiger partial charge on any atom is 0.228 e. The lowest BCUT2D eigenvalue weighted by Gasteiger charge is -2.57. The Balaban J connectivity index is 1.25. The zero-order valence-electron chi connectivity index (χ0n) is 14.7. The van der Waals surface area contributed by atoms with Crippen molar-refractivity contribution in [2.24, 2.45) is 29.1 Å². The van der Waals surface area contributed by atoms with Gasteiger partial charge in [-0.25, -0.2) is 0 Å². The fourth-order valence-corrected chi connectivity index (χ4v) is 6.92. The molecule has 5 saturated carbocycles. The molecule has 0 spiro atoms. The topological polar surface area (TPSA) is 23.6 Å². The van der Waals surface area contributed by atoms with Crippen LogP contribution in [0, 0.1) is 29.1 Å². The molecule has 1 amide bonds. The molecule has 4 bridgehead atoms. The fourth-order valence-electron chi connectivity index (χ4n) is 6.92. The summed E-state index contributed by atoms with van der Waals surface area (Å²) in [5.74, 6) is 4.12. The summed E-state index contributed by atoms with van der Waals surface area (Å²) in [5.41, 5.74) is 0.0685. The minimum atomic E-state index is 0.0685. The van der Waals surface area contributed by atoms with Crippen LogP contribution in [0.1, 0.15) is 58.3 Å². The van der Waals surface area contributed by atoms with Crippen LogP contribution in [0.2, 0.25) is 0 Å². The summed E-state index contributed by atoms with van der Waals surface area (Å²) in [5, 5.41) is 0. The lowest BCUT2D eigenvalue weighted by atomic mass is 9.49. The highest BCUT2D eigenvalue weighted by Gasteiger charge is 2.55. The van der Waals surface area contributed by atoms with Gasteiger partial charge in [-0.1, -0.05) is 0 Å². The molecule has 3 heteroatoms. The molecule has 1 atom stereocenters. The third-order valence-electron chi connectivity index (χ3n) is 7.97. The van der Waals surface area contributed by atoms with Gasteiger partial charge in [0.25, 0.3) is 0 Å². The molecule has 6 rings (SSSR count). The molecular weight excluding hydrogens is 284 g/mol. The molecule has 0 aromatic carbocycles. The average Bonchev–Trinajstić information content (AvgIpc) is 3.37. The summed E-state index contributed by atoms with van der Waals surface area (Å²) < 4.78 is 0. The van der Waals surface area contributed by atoms with E-state index in [1.165, 1.54) is 51.4 Å². The minimum absolute atomic E-state index is 0.0685. The molecule has 1 saturated heterocycles. The van der Waals surface area contributed by atoms with Crippen molar-refractivity contribution >= 4 is 5.91 Å². The van der Waals surface area contributed by atoms with Crippen LogP contribution < -0.4 is 0 Å². The Kier molecular flexibility index (Phi) is 3.34. The maximum atomic E-state index is 13.4. The number of piperazine rings is 1. The first-order valence-electron chi connectivity index (χ1n) is 10.2. The van der Waals surface area contributed by atoms with Crippen LogP contribution in [-0.4, -0.2) is 47.9 Å². The highest BCUT2D eigenvalue weighted by atomic mass is 16.2. The number of hydrogen-bond donors (Lipinski definition) is 0. The Morgan fingerprint density at radius 2 is 1.43 bits per heavy atom. The Morgan fingerprint density at radius 1 is 0.913 bits per heavy atom. The smallest absolute Gasteiger partial charge is 0.228 e. The maximum absolute atomic E-state index is 13.4. The number of amides is 1. The van der Waals surface area contributed by atoms with E-state index in [0.29, 0.717) is 5.91 Å². The van der Waals surface area contributed by atoms with Crippen molar-refractivity contribution in [1.82, 2.24) is 9.80 Å². The Morgan fingerprint density at radius 3 is 1.91 bits per heavy atom. The lowest BCUT2D eigenvalue weighted by Crippen LogP contribution is -2.59. The number of rotatable bonds is 3. The van der Waals surface area contributed by atoms with Crippen molar-refractivity contribution < 1.29 is 4.79 Å². The van der Waals surface area contributed by atoms with Gasteiger partial charge in [-0.15, -0.1) is 0 Å². The highest BCUT2D eigenvalue weighted by molar-refractivity contribution is 5.83. The van der Waals surface area contributed by atoms with Crippen molar-refractivity contribution in [3.8, 4) is 0 Å². The summed E-state index contributed by atoms with van der Waals surface area (Å²) in [4.78, 5) is 18.3. The average molecular weight is 316 g/mol. The molecule has 23 heavy (non-hydrogen) atoms. The van der Waals surface area contributed by atoms with E-state index in [-0.39, 0.29) is 5.41 Å². The number of carbonyl (C=O) groups is 1. The van der Waals surface area contributed by atoms with Crippen molar-refractivity contribution in [1.29, 1.82) is 0 Å². The quantitative estimate of drug-likeness (QED) is 0.798. The number of nitrogens with zero attached hydrogens (tertiary/aromatic N) is 2. The van der Waals surface area contributed by atoms with Crippen LogP contribution >= 0.6 is 0 Å². The Bertz CT molecular complexity index is 455. The van der Waals surface area contributed by atoms with Crippen molar-refractivity contribution in [3.05, 3.63) is 0 Å². The summed E-state index contributed by atoms with van der Waals surface area (Å²) in [7, 11) is 0. The fraction of sp³-hybridized carbons (Fsp3) is 0.950. The second kappa shape index (κ2) is 5.21. The van der Waals surface area contributed by atoms with Crippen LogP contribution in [0.25, 0.3) is 0 Å². The van der Waals surface area contributed by atoms with E-state index >= 15 is 0 Å². The van der Waals surface area contributed by atoms with Gasteiger partial charge in [0.2, 0.25) is 5.91 Å². The zero-order chi connectivity index (χ0) is 15.6. The monoisotopic (exact) mass is 316 g/mol. The predicted molar refractivity (Wildman–Crippen MR) is 90.9 cm³/mol. The van der Waals surface area contributed by atoms with Gasteiger partial charge in [0.15, 0.2) is 0 Å². The van der Waals surface area contributed by atoms with Gasteiger partial charge < -0.3 is 4.90 Å². The molecule has 3 nitrogen and oxygen atoms in total. The molecule has 1 aliphatic heterocycles. The van der Waals surface area contributed by atoms with Crippen LogP contribution in [0.5, 0.6) is 0 Å². The van der Waals surface area contributed by atoms with Gasteiger partial charge in [0.05, 0.1) is 5.41 Å². The van der Waals surface area contributed by atoms with E-state index < -0.39 is 0 Å². The van der Waals surface area contributed by atoms with Gasteiger partial charge in [-0.3, -0.25) is 9.69 Å². The van der Waals surface area contributed by atoms with Gasteiger partial charge in [0.1, 0.15) is 0 Å². The first-order valence-corrected chi connectivity index (χ1v) is 10.2. The second-order valence-corrected chi connectivity index (χ2v) is 9.60. The highest BCUT2D eigenvalue weighted by Crippen LogP contribution is 2.60. The molecule has 5 aliphatic carbocycles. The molecule has 6 aliphatic rings. The van der Waals surface area contributed by atoms with E-state index in [1.54, 1.807) is 0 Å². The first-order chi connectivity index (χ1) is 11.1. The molecule has 0 radical (unpaired) electrons. The van der Waals surface area contributed by atoms with E-state index in [1.807, 2.05) is 0 Å². The Hall–Kier alpha value is -0.570. The molecule has 0 aromatic heterocycles. The first kappa shape index (κ1) is 14.7. The van der Waals surface area contributed by atoms with Crippen LogP contribution in [-0.2, 0) is 4.79 Å². The SMILES string of the molecule is CC(C1CC1)N1CCN(C(=O)C23CC4CC(CC(C4)C2)C3)CC1. The van der Waals surface area contributed by atoms with Crippen LogP contribution in [0.15, 0.2) is 0 Å². The summed E-state index contributed by atoms with van der Waals surface area (Å²) in [6.45, 7) is 6.58. The normalized spacial score (nSPS) is 44.6. The molecule has 1 heterocycles.